The number of aryl methyl sites for hydroxylation is 2. The van der Waals surface area contributed by atoms with Crippen LogP contribution in [0.3, 0.4) is 0 Å². The molecule has 0 saturated carbocycles. The van der Waals surface area contributed by atoms with Gasteiger partial charge < -0.3 is 5.73 Å². The maximum absolute atomic E-state index is 13.7. The molecule has 0 unspecified atom stereocenters. The summed E-state index contributed by atoms with van der Waals surface area (Å²) in [5.41, 5.74) is 12.0. The number of nitrogens with two attached hydrogens (primary N) is 1. The van der Waals surface area contributed by atoms with E-state index in [0.29, 0.717) is 0 Å². The number of hydrogen-bond donors (Lipinski definition) is 1. The minimum Gasteiger partial charge on any atom is -0.398 e. The summed E-state index contributed by atoms with van der Waals surface area (Å²) in [6.45, 7) is 6.26. The van der Waals surface area contributed by atoms with Gasteiger partial charge in [-0.15, -0.1) is 0 Å². The smallest absolute Gasteiger partial charge is 0.129 e. The largest absolute Gasteiger partial charge is 0.398 e. The Bertz CT molecular complexity index is 641. The van der Waals surface area contributed by atoms with Crippen LogP contribution in [0, 0.1) is 19.7 Å². The summed E-state index contributed by atoms with van der Waals surface area (Å²) in [5, 5.41) is 0. The molecule has 0 atom stereocenters. The highest BCUT2D eigenvalue weighted by Crippen LogP contribution is 2.29. The van der Waals surface area contributed by atoms with Crippen molar-refractivity contribution in [3.05, 3.63) is 64.0 Å². The SMILES string of the molecule is Cc1cc(CN2Cc3cccc(N)c3C2)cc(C)c1F. The lowest BCUT2D eigenvalue weighted by Crippen LogP contribution is -2.16. The molecule has 1 aliphatic heterocycles. The van der Waals surface area contributed by atoms with E-state index in [9.17, 15) is 4.39 Å². The van der Waals surface area contributed by atoms with Crippen molar-refractivity contribution in [3.63, 3.8) is 0 Å². The van der Waals surface area contributed by atoms with E-state index in [0.717, 1.165) is 42.0 Å². The van der Waals surface area contributed by atoms with Gasteiger partial charge >= 0.3 is 0 Å². The van der Waals surface area contributed by atoms with Crippen molar-refractivity contribution in [1.82, 2.24) is 4.90 Å². The van der Waals surface area contributed by atoms with Crippen LogP contribution in [-0.2, 0) is 19.6 Å². The Morgan fingerprint density at radius 1 is 1.15 bits per heavy atom. The van der Waals surface area contributed by atoms with E-state index in [1.165, 1.54) is 11.1 Å². The molecule has 104 valence electrons. The second-order valence-electron chi connectivity index (χ2n) is 5.67. The first-order chi connectivity index (χ1) is 9.54. The van der Waals surface area contributed by atoms with Gasteiger partial charge in [-0.1, -0.05) is 24.3 Å². The molecule has 0 saturated heterocycles. The summed E-state index contributed by atoms with van der Waals surface area (Å²) in [7, 11) is 0. The Balaban J connectivity index is 1.80. The zero-order chi connectivity index (χ0) is 14.3. The molecule has 1 heterocycles. The fourth-order valence-electron chi connectivity index (χ4n) is 3.01. The van der Waals surface area contributed by atoms with Crippen LogP contribution in [0.25, 0.3) is 0 Å². The Kier molecular flexibility index (Phi) is 3.22. The molecule has 3 rings (SSSR count). The monoisotopic (exact) mass is 270 g/mol. The fourth-order valence-corrected chi connectivity index (χ4v) is 3.01. The number of benzene rings is 2. The molecule has 0 spiro atoms. The van der Waals surface area contributed by atoms with Crippen LogP contribution in [0.4, 0.5) is 10.1 Å². The fraction of sp³-hybridized carbons (Fsp3) is 0.294. The van der Waals surface area contributed by atoms with Crippen LogP contribution in [-0.4, -0.2) is 4.90 Å². The summed E-state index contributed by atoms with van der Waals surface area (Å²) in [4.78, 5) is 2.34. The molecule has 0 aliphatic carbocycles. The second-order valence-corrected chi connectivity index (χ2v) is 5.67. The molecule has 0 aromatic heterocycles. The minimum atomic E-state index is -0.0947. The molecule has 1 aliphatic rings. The lowest BCUT2D eigenvalue weighted by molar-refractivity contribution is 0.275. The molecule has 2 aromatic rings. The van der Waals surface area contributed by atoms with Gasteiger partial charge in [0.05, 0.1) is 0 Å². The van der Waals surface area contributed by atoms with Crippen LogP contribution >= 0.6 is 0 Å². The van der Waals surface area contributed by atoms with Gasteiger partial charge in [0, 0.05) is 25.3 Å². The van der Waals surface area contributed by atoms with E-state index in [4.69, 9.17) is 5.73 Å². The first-order valence-corrected chi connectivity index (χ1v) is 6.89. The Labute approximate surface area is 119 Å². The molecular weight excluding hydrogens is 251 g/mol. The van der Waals surface area contributed by atoms with E-state index >= 15 is 0 Å². The third-order valence-corrected chi connectivity index (χ3v) is 3.99. The maximum atomic E-state index is 13.7. The first kappa shape index (κ1) is 13.1. The van der Waals surface area contributed by atoms with Gasteiger partial charge in [0.25, 0.3) is 0 Å². The van der Waals surface area contributed by atoms with E-state index < -0.39 is 0 Å². The maximum Gasteiger partial charge on any atom is 0.129 e. The lowest BCUT2D eigenvalue weighted by atomic mass is 10.1. The van der Waals surface area contributed by atoms with Gasteiger partial charge in [-0.2, -0.15) is 0 Å². The molecule has 2 N–H and O–H groups in total. The topological polar surface area (TPSA) is 29.3 Å². The zero-order valence-corrected chi connectivity index (χ0v) is 11.9. The first-order valence-electron chi connectivity index (χ1n) is 6.89. The van der Waals surface area contributed by atoms with E-state index in [1.54, 1.807) is 0 Å². The van der Waals surface area contributed by atoms with Crippen molar-refractivity contribution in [1.29, 1.82) is 0 Å². The Hall–Kier alpha value is -1.87. The summed E-state index contributed by atoms with van der Waals surface area (Å²) >= 11 is 0. The number of nitrogens with zero attached hydrogens (tertiary/aromatic N) is 1. The standard InChI is InChI=1S/C17H19FN2/c1-11-6-13(7-12(2)17(11)18)8-20-9-14-4-3-5-16(19)15(14)10-20/h3-7H,8-10,19H2,1-2H3. The molecule has 3 heteroatoms. The van der Waals surface area contributed by atoms with Gasteiger partial charge in [-0.25, -0.2) is 4.39 Å². The quantitative estimate of drug-likeness (QED) is 0.846. The third kappa shape index (κ3) is 2.29. The molecule has 2 nitrogen and oxygen atoms in total. The summed E-state index contributed by atoms with van der Waals surface area (Å²) in [6.07, 6.45) is 0. The van der Waals surface area contributed by atoms with Gasteiger partial charge in [-0.3, -0.25) is 4.90 Å². The van der Waals surface area contributed by atoms with Gasteiger partial charge in [0.15, 0.2) is 0 Å². The predicted molar refractivity (Wildman–Crippen MR) is 79.7 cm³/mol. The van der Waals surface area contributed by atoms with Crippen LogP contribution in [0.2, 0.25) is 0 Å². The van der Waals surface area contributed by atoms with Crippen LogP contribution in [0.1, 0.15) is 27.8 Å². The Morgan fingerprint density at radius 2 is 1.85 bits per heavy atom. The van der Waals surface area contributed by atoms with Crippen molar-refractivity contribution in [2.45, 2.75) is 33.5 Å². The van der Waals surface area contributed by atoms with Gasteiger partial charge in [-0.05, 0) is 47.7 Å². The average molecular weight is 270 g/mol. The highest BCUT2D eigenvalue weighted by Gasteiger charge is 2.20. The van der Waals surface area contributed by atoms with Crippen molar-refractivity contribution >= 4 is 5.69 Å². The predicted octanol–water partition coefficient (Wildman–Crippen LogP) is 3.54. The molecule has 20 heavy (non-hydrogen) atoms. The molecular formula is C17H19FN2. The number of anilines is 1. The minimum absolute atomic E-state index is 0.0947. The average Bonchev–Trinajstić information content (AvgIpc) is 2.80. The number of halogens is 1. The molecule has 0 bridgehead atoms. The lowest BCUT2D eigenvalue weighted by Gasteiger charge is -2.16. The summed E-state index contributed by atoms with van der Waals surface area (Å²) < 4.78 is 13.7. The van der Waals surface area contributed by atoms with Crippen LogP contribution < -0.4 is 5.73 Å². The number of nitrogen functional groups attached to an aromatic ring is 1. The van der Waals surface area contributed by atoms with E-state index in [-0.39, 0.29) is 5.82 Å². The van der Waals surface area contributed by atoms with Gasteiger partial charge in [0.1, 0.15) is 5.82 Å². The highest BCUT2D eigenvalue weighted by atomic mass is 19.1. The third-order valence-electron chi connectivity index (χ3n) is 3.99. The summed E-state index contributed by atoms with van der Waals surface area (Å²) in [5.74, 6) is -0.0947. The van der Waals surface area contributed by atoms with Gasteiger partial charge in [0.2, 0.25) is 0 Å². The van der Waals surface area contributed by atoms with Crippen LogP contribution in [0.5, 0.6) is 0 Å². The van der Waals surface area contributed by atoms with Crippen molar-refractivity contribution in [3.8, 4) is 0 Å². The number of fused-ring (bicyclic) bond motifs is 1. The second kappa shape index (κ2) is 4.91. The zero-order valence-electron chi connectivity index (χ0n) is 11.9. The molecule has 0 fully saturated rings. The number of hydrogen-bond acceptors (Lipinski definition) is 2. The van der Waals surface area contributed by atoms with E-state index in [2.05, 4.69) is 11.0 Å². The highest BCUT2D eigenvalue weighted by molar-refractivity contribution is 5.52. The summed E-state index contributed by atoms with van der Waals surface area (Å²) in [6, 6.07) is 9.97. The molecule has 0 amide bonds. The molecule has 2 aromatic carbocycles. The van der Waals surface area contributed by atoms with E-state index in [1.807, 2.05) is 38.1 Å². The number of rotatable bonds is 2. The normalized spacial score (nSPS) is 14.6. The van der Waals surface area contributed by atoms with Crippen LogP contribution in [0.15, 0.2) is 30.3 Å². The molecule has 0 radical (unpaired) electrons. The van der Waals surface area contributed by atoms with Crippen molar-refractivity contribution in [2.75, 3.05) is 5.73 Å². The Morgan fingerprint density at radius 3 is 2.50 bits per heavy atom. The van der Waals surface area contributed by atoms with Crippen molar-refractivity contribution in [2.24, 2.45) is 0 Å². The van der Waals surface area contributed by atoms with Crippen molar-refractivity contribution < 1.29 is 4.39 Å².